The Morgan fingerprint density at radius 3 is 2.54 bits per heavy atom. The Morgan fingerprint density at radius 1 is 1.07 bits per heavy atom. The highest BCUT2D eigenvalue weighted by Gasteiger charge is 2.46. The SMILES string of the molecule is CN1CCN([C@@H]2CN(c3ncccc3C#N)CC[C@]2(O)c2ccccc2)CC1. The van der Waals surface area contributed by atoms with Crippen LogP contribution in [-0.4, -0.2) is 72.2 Å². The lowest BCUT2D eigenvalue weighted by atomic mass is 9.79. The average Bonchev–Trinajstić information content (AvgIpc) is 2.75. The summed E-state index contributed by atoms with van der Waals surface area (Å²) in [6.07, 6.45) is 2.34. The fraction of sp³-hybridized carbons (Fsp3) is 0.455. The fourth-order valence-corrected chi connectivity index (χ4v) is 4.47. The molecule has 2 aromatic rings. The summed E-state index contributed by atoms with van der Waals surface area (Å²) in [6.45, 7) is 5.17. The van der Waals surface area contributed by atoms with Crippen molar-refractivity contribution in [1.82, 2.24) is 14.8 Å². The molecule has 6 nitrogen and oxygen atoms in total. The van der Waals surface area contributed by atoms with E-state index < -0.39 is 5.60 Å². The molecule has 28 heavy (non-hydrogen) atoms. The normalized spacial score (nSPS) is 26.8. The van der Waals surface area contributed by atoms with E-state index >= 15 is 0 Å². The predicted octanol–water partition coefficient (Wildman–Crippen LogP) is 1.67. The van der Waals surface area contributed by atoms with Crippen LogP contribution in [0.4, 0.5) is 5.82 Å². The predicted molar refractivity (Wildman–Crippen MR) is 109 cm³/mol. The van der Waals surface area contributed by atoms with E-state index in [1.54, 1.807) is 12.3 Å². The molecule has 0 spiro atoms. The van der Waals surface area contributed by atoms with E-state index in [2.05, 4.69) is 32.8 Å². The summed E-state index contributed by atoms with van der Waals surface area (Å²) in [5.41, 5.74) is 0.653. The number of piperazine rings is 1. The van der Waals surface area contributed by atoms with Crippen LogP contribution in [-0.2, 0) is 5.60 Å². The molecule has 2 atom stereocenters. The topological polar surface area (TPSA) is 66.6 Å². The molecule has 4 rings (SSSR count). The third kappa shape index (κ3) is 3.49. The number of aromatic nitrogens is 1. The first kappa shape index (κ1) is 18.9. The molecule has 0 bridgehead atoms. The Bertz CT molecular complexity index is 844. The molecule has 2 aliphatic heterocycles. The first-order valence-electron chi connectivity index (χ1n) is 9.92. The first-order valence-corrected chi connectivity index (χ1v) is 9.92. The highest BCUT2D eigenvalue weighted by molar-refractivity contribution is 5.54. The van der Waals surface area contributed by atoms with Gasteiger partial charge in [0, 0.05) is 45.5 Å². The molecule has 2 fully saturated rings. The number of benzene rings is 1. The molecule has 2 saturated heterocycles. The van der Waals surface area contributed by atoms with Crippen molar-refractivity contribution in [3.63, 3.8) is 0 Å². The Balaban J connectivity index is 1.67. The van der Waals surface area contributed by atoms with Crippen molar-refractivity contribution < 1.29 is 5.11 Å². The molecule has 0 aliphatic carbocycles. The van der Waals surface area contributed by atoms with E-state index in [1.165, 1.54) is 0 Å². The Morgan fingerprint density at radius 2 is 1.82 bits per heavy atom. The monoisotopic (exact) mass is 377 g/mol. The maximum Gasteiger partial charge on any atom is 0.146 e. The minimum Gasteiger partial charge on any atom is -0.383 e. The van der Waals surface area contributed by atoms with Crippen LogP contribution >= 0.6 is 0 Å². The highest BCUT2D eigenvalue weighted by atomic mass is 16.3. The molecule has 0 saturated carbocycles. The number of rotatable bonds is 3. The van der Waals surface area contributed by atoms with Gasteiger partial charge in [-0.2, -0.15) is 5.26 Å². The zero-order valence-electron chi connectivity index (χ0n) is 16.3. The number of nitrogens with zero attached hydrogens (tertiary/aromatic N) is 5. The van der Waals surface area contributed by atoms with Gasteiger partial charge in [-0.15, -0.1) is 0 Å². The number of aliphatic hydroxyl groups is 1. The van der Waals surface area contributed by atoms with E-state index in [0.29, 0.717) is 25.1 Å². The molecular weight excluding hydrogens is 350 g/mol. The van der Waals surface area contributed by atoms with Gasteiger partial charge in [-0.1, -0.05) is 30.3 Å². The van der Waals surface area contributed by atoms with Crippen molar-refractivity contribution in [3.05, 3.63) is 59.8 Å². The van der Waals surface area contributed by atoms with Crippen LogP contribution in [0.5, 0.6) is 0 Å². The summed E-state index contributed by atoms with van der Waals surface area (Å²) >= 11 is 0. The molecule has 0 radical (unpaired) electrons. The van der Waals surface area contributed by atoms with Gasteiger partial charge in [-0.05, 0) is 31.2 Å². The van der Waals surface area contributed by atoms with Gasteiger partial charge in [0.15, 0.2) is 0 Å². The lowest BCUT2D eigenvalue weighted by Crippen LogP contribution is -2.64. The van der Waals surface area contributed by atoms with Crippen molar-refractivity contribution in [3.8, 4) is 6.07 Å². The second-order valence-electron chi connectivity index (χ2n) is 7.83. The summed E-state index contributed by atoms with van der Waals surface area (Å²) in [6, 6.07) is 15.8. The molecule has 0 unspecified atom stereocenters. The lowest BCUT2D eigenvalue weighted by molar-refractivity contribution is -0.0757. The van der Waals surface area contributed by atoms with Crippen molar-refractivity contribution in [2.45, 2.75) is 18.1 Å². The number of hydrogen-bond donors (Lipinski definition) is 1. The minimum atomic E-state index is -0.907. The molecule has 1 N–H and O–H groups in total. The molecule has 6 heteroatoms. The zero-order valence-corrected chi connectivity index (χ0v) is 16.3. The molecule has 146 valence electrons. The van der Waals surface area contributed by atoms with Crippen LogP contribution in [0.15, 0.2) is 48.7 Å². The third-order valence-electron chi connectivity index (χ3n) is 6.17. The van der Waals surface area contributed by atoms with Crippen LogP contribution in [0.25, 0.3) is 0 Å². The standard InChI is InChI=1S/C22H27N5O/c1-25-12-14-26(15-13-25)20-17-27(21-18(16-23)6-5-10-24-21)11-9-22(20,28)19-7-3-2-4-8-19/h2-8,10,20,28H,9,11-15,17H2,1H3/t20-,22+/m1/s1. The maximum atomic E-state index is 11.8. The Labute approximate surface area is 166 Å². The fourth-order valence-electron chi connectivity index (χ4n) is 4.47. The van der Waals surface area contributed by atoms with Gasteiger partial charge >= 0.3 is 0 Å². The van der Waals surface area contributed by atoms with Crippen LogP contribution in [0.2, 0.25) is 0 Å². The van der Waals surface area contributed by atoms with Gasteiger partial charge in [0.1, 0.15) is 17.5 Å². The maximum absolute atomic E-state index is 11.8. The largest absolute Gasteiger partial charge is 0.383 e. The number of piperidine rings is 1. The van der Waals surface area contributed by atoms with Gasteiger partial charge in [0.05, 0.1) is 11.6 Å². The highest BCUT2D eigenvalue weighted by Crippen LogP contribution is 2.38. The van der Waals surface area contributed by atoms with E-state index in [1.807, 2.05) is 36.4 Å². The number of hydrogen-bond acceptors (Lipinski definition) is 6. The first-order chi connectivity index (χ1) is 13.6. The number of nitriles is 1. The lowest BCUT2D eigenvalue weighted by Gasteiger charge is -2.51. The molecule has 1 aromatic heterocycles. The minimum absolute atomic E-state index is 0.0501. The molecule has 0 amide bonds. The summed E-state index contributed by atoms with van der Waals surface area (Å²) < 4.78 is 0. The quantitative estimate of drug-likeness (QED) is 0.878. The summed E-state index contributed by atoms with van der Waals surface area (Å²) in [7, 11) is 2.14. The molecule has 2 aliphatic rings. The van der Waals surface area contributed by atoms with Crippen LogP contribution < -0.4 is 4.90 Å². The van der Waals surface area contributed by atoms with Crippen molar-refractivity contribution >= 4 is 5.82 Å². The van der Waals surface area contributed by atoms with Crippen molar-refractivity contribution in [1.29, 1.82) is 5.26 Å². The van der Waals surface area contributed by atoms with Crippen LogP contribution in [0.3, 0.4) is 0 Å². The summed E-state index contributed by atoms with van der Waals surface area (Å²) in [5.74, 6) is 0.722. The van der Waals surface area contributed by atoms with Crippen molar-refractivity contribution in [2.24, 2.45) is 0 Å². The average molecular weight is 377 g/mol. The molecular formula is C22H27N5O. The number of pyridine rings is 1. The summed E-state index contributed by atoms with van der Waals surface area (Å²) in [4.78, 5) is 11.4. The summed E-state index contributed by atoms with van der Waals surface area (Å²) in [5, 5.41) is 21.3. The number of anilines is 1. The van der Waals surface area contributed by atoms with Gasteiger partial charge in [0.25, 0.3) is 0 Å². The van der Waals surface area contributed by atoms with E-state index in [9.17, 15) is 10.4 Å². The Kier molecular flexibility index (Phi) is 5.31. The van der Waals surface area contributed by atoms with E-state index in [-0.39, 0.29) is 6.04 Å². The van der Waals surface area contributed by atoms with E-state index in [4.69, 9.17) is 0 Å². The second-order valence-corrected chi connectivity index (χ2v) is 7.83. The molecule has 3 heterocycles. The molecule has 1 aromatic carbocycles. The second kappa shape index (κ2) is 7.88. The van der Waals surface area contributed by atoms with Gasteiger partial charge in [0.2, 0.25) is 0 Å². The van der Waals surface area contributed by atoms with Gasteiger partial charge < -0.3 is 14.9 Å². The smallest absolute Gasteiger partial charge is 0.146 e. The third-order valence-corrected chi connectivity index (χ3v) is 6.17. The van der Waals surface area contributed by atoms with Crippen LogP contribution in [0, 0.1) is 11.3 Å². The zero-order chi connectivity index (χ0) is 19.6. The van der Waals surface area contributed by atoms with Crippen LogP contribution in [0.1, 0.15) is 17.5 Å². The van der Waals surface area contributed by atoms with Gasteiger partial charge in [-0.25, -0.2) is 4.98 Å². The Hall–Kier alpha value is -2.46. The number of likely N-dealkylation sites (N-methyl/N-ethyl adjacent to an activating group) is 1. The van der Waals surface area contributed by atoms with Gasteiger partial charge in [-0.3, -0.25) is 4.90 Å². The van der Waals surface area contributed by atoms with Crippen molar-refractivity contribution in [2.75, 3.05) is 51.2 Å². The van der Waals surface area contributed by atoms with E-state index in [0.717, 1.165) is 37.6 Å².